The van der Waals surface area contributed by atoms with Crippen molar-refractivity contribution in [1.29, 1.82) is 0 Å². The minimum atomic E-state index is -0.162. The molecule has 2 aromatic rings. The van der Waals surface area contributed by atoms with E-state index in [-0.39, 0.29) is 11.9 Å². The summed E-state index contributed by atoms with van der Waals surface area (Å²) in [6.45, 7) is 6.40. The second-order valence-electron chi connectivity index (χ2n) is 7.35. The SMILES string of the molecule is CCCCOc1ccc(Nc2ncnc(N3CCCC(C(=O)OCC)C3)c2N)cc1. The number of esters is 1. The molecule has 0 amide bonds. The van der Waals surface area contributed by atoms with Crippen LogP contribution in [-0.2, 0) is 9.53 Å². The molecule has 0 saturated carbocycles. The second-order valence-corrected chi connectivity index (χ2v) is 7.35. The van der Waals surface area contributed by atoms with Crippen LogP contribution in [-0.4, -0.2) is 42.2 Å². The third kappa shape index (κ3) is 5.52. The van der Waals surface area contributed by atoms with E-state index >= 15 is 0 Å². The third-order valence-corrected chi connectivity index (χ3v) is 5.09. The van der Waals surface area contributed by atoms with Crippen molar-refractivity contribution < 1.29 is 14.3 Å². The number of carbonyl (C=O) groups excluding carboxylic acids is 1. The number of nitrogens with two attached hydrogens (primary N) is 1. The van der Waals surface area contributed by atoms with Gasteiger partial charge in [-0.3, -0.25) is 4.79 Å². The highest BCUT2D eigenvalue weighted by molar-refractivity contribution is 5.79. The van der Waals surface area contributed by atoms with Gasteiger partial charge in [-0.2, -0.15) is 0 Å². The molecule has 8 heteroatoms. The van der Waals surface area contributed by atoms with Crippen LogP contribution in [0.1, 0.15) is 39.5 Å². The molecule has 2 heterocycles. The predicted octanol–water partition coefficient (Wildman–Crippen LogP) is 3.76. The molecule has 1 fully saturated rings. The summed E-state index contributed by atoms with van der Waals surface area (Å²) in [7, 11) is 0. The lowest BCUT2D eigenvalue weighted by atomic mass is 9.98. The number of anilines is 4. The van der Waals surface area contributed by atoms with Gasteiger partial charge in [0.15, 0.2) is 11.6 Å². The Labute approximate surface area is 177 Å². The first-order valence-corrected chi connectivity index (χ1v) is 10.6. The molecule has 0 radical (unpaired) electrons. The van der Waals surface area contributed by atoms with Crippen molar-refractivity contribution in [2.24, 2.45) is 5.92 Å². The van der Waals surface area contributed by atoms with Crippen LogP contribution >= 0.6 is 0 Å². The molecule has 1 aliphatic heterocycles. The van der Waals surface area contributed by atoms with Gasteiger partial charge in [0, 0.05) is 18.8 Å². The van der Waals surface area contributed by atoms with Crippen LogP contribution in [0.2, 0.25) is 0 Å². The summed E-state index contributed by atoms with van der Waals surface area (Å²) in [4.78, 5) is 22.9. The fourth-order valence-electron chi connectivity index (χ4n) is 3.47. The topological polar surface area (TPSA) is 103 Å². The fraction of sp³-hybridized carbons (Fsp3) is 0.500. The predicted molar refractivity (Wildman–Crippen MR) is 118 cm³/mol. The maximum Gasteiger partial charge on any atom is 0.310 e. The van der Waals surface area contributed by atoms with Gasteiger partial charge in [0.25, 0.3) is 0 Å². The van der Waals surface area contributed by atoms with Crippen LogP contribution < -0.4 is 20.7 Å². The largest absolute Gasteiger partial charge is 0.494 e. The van der Waals surface area contributed by atoms with Gasteiger partial charge in [-0.15, -0.1) is 0 Å². The first kappa shape index (κ1) is 21.7. The fourth-order valence-corrected chi connectivity index (χ4v) is 3.47. The number of aromatic nitrogens is 2. The first-order valence-electron chi connectivity index (χ1n) is 10.6. The zero-order valence-corrected chi connectivity index (χ0v) is 17.8. The number of piperidine rings is 1. The minimum absolute atomic E-state index is 0.158. The Hall–Kier alpha value is -3.03. The van der Waals surface area contributed by atoms with Gasteiger partial charge in [-0.05, 0) is 50.5 Å². The van der Waals surface area contributed by atoms with Crippen LogP contribution in [0.5, 0.6) is 5.75 Å². The van der Waals surface area contributed by atoms with E-state index in [1.807, 2.05) is 36.1 Å². The van der Waals surface area contributed by atoms with Crippen LogP contribution in [0.4, 0.5) is 23.0 Å². The first-order chi connectivity index (χ1) is 14.6. The molecule has 8 nitrogen and oxygen atoms in total. The number of hydrogen-bond donors (Lipinski definition) is 2. The summed E-state index contributed by atoms with van der Waals surface area (Å²) in [5.74, 6) is 1.70. The molecule has 1 aromatic carbocycles. The van der Waals surface area contributed by atoms with Gasteiger partial charge in [0.2, 0.25) is 0 Å². The Bertz CT molecular complexity index is 828. The molecule has 1 atom stereocenters. The van der Waals surface area contributed by atoms with Crippen LogP contribution in [0, 0.1) is 5.92 Å². The standard InChI is InChI=1S/C22H31N5O3/c1-3-5-13-30-18-10-8-17(9-11-18)26-20-19(23)21(25-15-24-20)27-12-6-7-16(14-27)22(28)29-4-2/h8-11,15-16H,3-7,12-14,23H2,1-2H3,(H,24,25,26). The van der Waals surface area contributed by atoms with E-state index in [0.717, 1.165) is 43.7 Å². The lowest BCUT2D eigenvalue weighted by Gasteiger charge is -2.33. The van der Waals surface area contributed by atoms with Crippen molar-refractivity contribution in [2.75, 3.05) is 42.3 Å². The zero-order valence-electron chi connectivity index (χ0n) is 17.8. The molecule has 0 spiro atoms. The third-order valence-electron chi connectivity index (χ3n) is 5.09. The highest BCUT2D eigenvalue weighted by Crippen LogP contribution is 2.32. The van der Waals surface area contributed by atoms with E-state index in [9.17, 15) is 4.79 Å². The second kappa shape index (κ2) is 10.7. The van der Waals surface area contributed by atoms with Gasteiger partial charge < -0.3 is 25.4 Å². The number of carbonyl (C=O) groups is 1. The molecule has 1 unspecified atom stereocenters. The Morgan fingerprint density at radius 3 is 2.80 bits per heavy atom. The van der Waals surface area contributed by atoms with Crippen molar-refractivity contribution in [3.63, 3.8) is 0 Å². The summed E-state index contributed by atoms with van der Waals surface area (Å²) >= 11 is 0. The normalized spacial score (nSPS) is 16.2. The van der Waals surface area contributed by atoms with Gasteiger partial charge in [0.05, 0.1) is 19.1 Å². The van der Waals surface area contributed by atoms with Gasteiger partial charge in [-0.1, -0.05) is 13.3 Å². The van der Waals surface area contributed by atoms with E-state index in [4.69, 9.17) is 15.2 Å². The molecule has 162 valence electrons. The summed E-state index contributed by atoms with van der Waals surface area (Å²) in [6.07, 6.45) is 5.33. The lowest BCUT2D eigenvalue weighted by molar-refractivity contribution is -0.148. The van der Waals surface area contributed by atoms with Gasteiger partial charge in [-0.25, -0.2) is 9.97 Å². The molecular formula is C22H31N5O3. The van der Waals surface area contributed by atoms with Crippen molar-refractivity contribution in [2.45, 2.75) is 39.5 Å². The average Bonchev–Trinajstić information content (AvgIpc) is 2.77. The van der Waals surface area contributed by atoms with Gasteiger partial charge in [0.1, 0.15) is 17.8 Å². The summed E-state index contributed by atoms with van der Waals surface area (Å²) < 4.78 is 10.9. The van der Waals surface area contributed by atoms with Gasteiger partial charge >= 0.3 is 5.97 Å². The number of ether oxygens (including phenoxy) is 2. The number of nitrogen functional groups attached to an aromatic ring is 1. The number of benzene rings is 1. The molecule has 0 bridgehead atoms. The maximum atomic E-state index is 12.1. The van der Waals surface area contributed by atoms with Crippen molar-refractivity contribution in [3.05, 3.63) is 30.6 Å². The van der Waals surface area contributed by atoms with Crippen molar-refractivity contribution >= 4 is 29.0 Å². The minimum Gasteiger partial charge on any atom is -0.494 e. The van der Waals surface area contributed by atoms with Crippen LogP contribution in [0.3, 0.4) is 0 Å². The van der Waals surface area contributed by atoms with Crippen molar-refractivity contribution in [3.8, 4) is 5.75 Å². The Morgan fingerprint density at radius 1 is 1.27 bits per heavy atom. The molecule has 0 aliphatic carbocycles. The quantitative estimate of drug-likeness (QED) is 0.473. The lowest BCUT2D eigenvalue weighted by Crippen LogP contribution is -2.40. The molecule has 1 aromatic heterocycles. The van der Waals surface area contributed by atoms with Crippen molar-refractivity contribution in [1.82, 2.24) is 9.97 Å². The van der Waals surface area contributed by atoms with Crippen LogP contribution in [0.15, 0.2) is 30.6 Å². The molecule has 30 heavy (non-hydrogen) atoms. The Kier molecular flexibility index (Phi) is 7.70. The summed E-state index contributed by atoms with van der Waals surface area (Å²) in [6, 6.07) is 7.70. The molecule has 3 N–H and O–H groups in total. The highest BCUT2D eigenvalue weighted by atomic mass is 16.5. The number of hydrogen-bond acceptors (Lipinski definition) is 8. The monoisotopic (exact) mass is 413 g/mol. The summed E-state index contributed by atoms with van der Waals surface area (Å²) in [5, 5.41) is 3.25. The molecule has 3 rings (SSSR count). The van der Waals surface area contributed by atoms with E-state index in [1.54, 1.807) is 0 Å². The molecule has 1 aliphatic rings. The van der Waals surface area contributed by atoms with E-state index in [0.29, 0.717) is 37.1 Å². The number of nitrogens with one attached hydrogen (secondary N) is 1. The molecule has 1 saturated heterocycles. The maximum absolute atomic E-state index is 12.1. The highest BCUT2D eigenvalue weighted by Gasteiger charge is 2.29. The zero-order chi connectivity index (χ0) is 21.3. The van der Waals surface area contributed by atoms with E-state index < -0.39 is 0 Å². The Morgan fingerprint density at radius 2 is 2.07 bits per heavy atom. The number of rotatable bonds is 9. The number of nitrogens with zero attached hydrogens (tertiary/aromatic N) is 3. The summed E-state index contributed by atoms with van der Waals surface area (Å²) in [5.41, 5.74) is 7.70. The van der Waals surface area contributed by atoms with E-state index in [2.05, 4.69) is 22.2 Å². The smallest absolute Gasteiger partial charge is 0.310 e. The molecular weight excluding hydrogens is 382 g/mol. The van der Waals surface area contributed by atoms with E-state index in [1.165, 1.54) is 6.33 Å². The Balaban J connectivity index is 1.68. The number of unbranched alkanes of at least 4 members (excludes halogenated alkanes) is 1. The average molecular weight is 414 g/mol. The van der Waals surface area contributed by atoms with Crippen LogP contribution in [0.25, 0.3) is 0 Å².